The second kappa shape index (κ2) is 6.41. The van der Waals surface area contributed by atoms with Crippen molar-refractivity contribution >= 4 is 21.6 Å². The van der Waals surface area contributed by atoms with Gasteiger partial charge in [-0.05, 0) is 64.0 Å². The number of hydrogen-bond donors (Lipinski definition) is 1. The first kappa shape index (κ1) is 16.5. The molecule has 1 heterocycles. The molecule has 1 aliphatic carbocycles. The zero-order valence-corrected chi connectivity index (χ0v) is 16.3. The number of benzene rings is 2. The van der Waals surface area contributed by atoms with Gasteiger partial charge in [0.1, 0.15) is 0 Å². The number of methoxy groups -OCH3 is 2. The van der Waals surface area contributed by atoms with E-state index in [1.54, 1.807) is 14.2 Å². The predicted molar refractivity (Wildman–Crippen MR) is 105 cm³/mol. The van der Waals surface area contributed by atoms with Crippen LogP contribution in [0.3, 0.4) is 0 Å². The number of anilines is 1. The van der Waals surface area contributed by atoms with Crippen LogP contribution in [0.15, 0.2) is 47.0 Å². The summed E-state index contributed by atoms with van der Waals surface area (Å²) in [5.74, 6) is 2.47. The Balaban J connectivity index is 1.82. The summed E-state index contributed by atoms with van der Waals surface area (Å²) in [4.78, 5) is 0. The Morgan fingerprint density at radius 1 is 1.16 bits per heavy atom. The molecule has 0 saturated heterocycles. The van der Waals surface area contributed by atoms with Gasteiger partial charge in [0, 0.05) is 11.6 Å². The van der Waals surface area contributed by atoms with Crippen LogP contribution in [0.1, 0.15) is 35.1 Å². The maximum atomic E-state index is 5.55. The maximum Gasteiger partial charge on any atom is 0.174 e. The minimum Gasteiger partial charge on any atom is -0.493 e. The lowest BCUT2D eigenvalue weighted by Crippen LogP contribution is -2.29. The van der Waals surface area contributed by atoms with E-state index in [4.69, 9.17) is 9.47 Å². The standard InChI is InChI=1S/C21H22BrNO2/c1-12-6-4-8-15-14-7-5-9-16(14)20(23-19(12)15)13-10-17(22)21(25-3)18(11-13)24-2/h4-8,10-11,14,16,20,23H,9H2,1-3H3/t14-,16+,20-/m1/s1. The zero-order valence-electron chi connectivity index (χ0n) is 14.7. The highest BCUT2D eigenvalue weighted by Crippen LogP contribution is 2.51. The highest BCUT2D eigenvalue weighted by atomic mass is 79.9. The highest BCUT2D eigenvalue weighted by Gasteiger charge is 2.38. The van der Waals surface area contributed by atoms with Crippen molar-refractivity contribution < 1.29 is 9.47 Å². The van der Waals surface area contributed by atoms with E-state index in [0.29, 0.717) is 11.8 Å². The fraction of sp³-hybridized carbons (Fsp3) is 0.333. The van der Waals surface area contributed by atoms with E-state index in [-0.39, 0.29) is 6.04 Å². The van der Waals surface area contributed by atoms with Crippen LogP contribution >= 0.6 is 15.9 Å². The molecule has 1 aliphatic heterocycles. The van der Waals surface area contributed by atoms with Crippen LogP contribution in [0.2, 0.25) is 0 Å². The normalized spacial score (nSPS) is 23.6. The number of para-hydroxylation sites is 1. The van der Waals surface area contributed by atoms with Crippen LogP contribution < -0.4 is 14.8 Å². The Kier molecular flexibility index (Phi) is 4.24. The second-order valence-corrected chi connectivity index (χ2v) is 7.61. The van der Waals surface area contributed by atoms with Gasteiger partial charge in [0.2, 0.25) is 0 Å². The third-order valence-corrected chi connectivity index (χ3v) is 6.01. The molecular formula is C21H22BrNO2. The number of hydrogen-bond acceptors (Lipinski definition) is 3. The maximum absolute atomic E-state index is 5.55. The Morgan fingerprint density at radius 3 is 2.76 bits per heavy atom. The average Bonchev–Trinajstić information content (AvgIpc) is 3.10. The van der Waals surface area contributed by atoms with E-state index in [0.717, 1.165) is 22.4 Å². The van der Waals surface area contributed by atoms with Gasteiger partial charge in [0.05, 0.1) is 24.7 Å². The molecule has 0 bridgehead atoms. The molecule has 0 radical (unpaired) electrons. The van der Waals surface area contributed by atoms with E-state index < -0.39 is 0 Å². The van der Waals surface area contributed by atoms with Crippen LogP contribution in [0.25, 0.3) is 0 Å². The molecule has 2 aliphatic rings. The summed E-state index contributed by atoms with van der Waals surface area (Å²) in [5.41, 5.74) is 5.19. The van der Waals surface area contributed by atoms with Gasteiger partial charge >= 0.3 is 0 Å². The van der Waals surface area contributed by atoms with Crippen LogP contribution in [0, 0.1) is 12.8 Å². The molecule has 0 fully saturated rings. The molecule has 4 heteroatoms. The van der Waals surface area contributed by atoms with Gasteiger partial charge in [0.25, 0.3) is 0 Å². The molecule has 130 valence electrons. The molecule has 25 heavy (non-hydrogen) atoms. The molecule has 1 N–H and O–H groups in total. The van der Waals surface area contributed by atoms with Gasteiger partial charge < -0.3 is 14.8 Å². The first-order chi connectivity index (χ1) is 12.1. The van der Waals surface area contributed by atoms with Gasteiger partial charge in [-0.3, -0.25) is 0 Å². The summed E-state index contributed by atoms with van der Waals surface area (Å²) in [5, 5.41) is 3.81. The van der Waals surface area contributed by atoms with Gasteiger partial charge in [-0.15, -0.1) is 0 Å². The quantitative estimate of drug-likeness (QED) is 0.681. The van der Waals surface area contributed by atoms with Gasteiger partial charge in [-0.1, -0.05) is 30.4 Å². The van der Waals surface area contributed by atoms with Crippen molar-refractivity contribution in [2.75, 3.05) is 19.5 Å². The topological polar surface area (TPSA) is 30.5 Å². The SMILES string of the molecule is COc1cc([C@H]2Nc3c(C)cccc3[C@H]3C=CC[C@@H]32)cc(Br)c1OC. The molecule has 0 aromatic heterocycles. The van der Waals surface area contributed by atoms with Crippen molar-refractivity contribution in [2.45, 2.75) is 25.3 Å². The molecule has 4 rings (SSSR count). The molecule has 0 unspecified atom stereocenters. The molecule has 3 atom stereocenters. The van der Waals surface area contributed by atoms with Crippen LogP contribution in [0.4, 0.5) is 5.69 Å². The first-order valence-electron chi connectivity index (χ1n) is 8.58. The fourth-order valence-corrected chi connectivity index (χ4v) is 4.85. The summed E-state index contributed by atoms with van der Waals surface area (Å²) in [7, 11) is 3.35. The predicted octanol–water partition coefficient (Wildman–Crippen LogP) is 5.60. The molecule has 2 aromatic carbocycles. The number of halogens is 1. The third-order valence-electron chi connectivity index (χ3n) is 5.42. The largest absolute Gasteiger partial charge is 0.493 e. The molecule has 2 aromatic rings. The van der Waals surface area contributed by atoms with Crippen LogP contribution in [-0.4, -0.2) is 14.2 Å². The summed E-state index contributed by atoms with van der Waals surface area (Å²) >= 11 is 3.64. The number of rotatable bonds is 3. The van der Waals surface area contributed by atoms with Gasteiger partial charge in [-0.2, -0.15) is 0 Å². The molecular weight excluding hydrogens is 378 g/mol. The minimum absolute atomic E-state index is 0.240. The molecule has 3 nitrogen and oxygen atoms in total. The Labute approximate surface area is 157 Å². The first-order valence-corrected chi connectivity index (χ1v) is 9.37. The van der Waals surface area contributed by atoms with E-state index in [1.807, 2.05) is 0 Å². The highest BCUT2D eigenvalue weighted by molar-refractivity contribution is 9.10. The van der Waals surface area contributed by atoms with Gasteiger partial charge in [0.15, 0.2) is 11.5 Å². The van der Waals surface area contributed by atoms with Crippen molar-refractivity contribution in [3.05, 3.63) is 63.6 Å². The van der Waals surface area contributed by atoms with Crippen molar-refractivity contribution in [1.82, 2.24) is 0 Å². The van der Waals surface area contributed by atoms with Crippen molar-refractivity contribution in [3.63, 3.8) is 0 Å². The minimum atomic E-state index is 0.240. The number of aryl methyl sites for hydroxylation is 1. The lowest BCUT2D eigenvalue weighted by atomic mass is 9.76. The van der Waals surface area contributed by atoms with E-state index >= 15 is 0 Å². The monoisotopic (exact) mass is 399 g/mol. The van der Waals surface area contributed by atoms with Crippen LogP contribution in [-0.2, 0) is 0 Å². The van der Waals surface area contributed by atoms with Gasteiger partial charge in [-0.25, -0.2) is 0 Å². The molecule has 0 saturated carbocycles. The van der Waals surface area contributed by atoms with E-state index in [9.17, 15) is 0 Å². The fourth-order valence-electron chi connectivity index (χ4n) is 4.23. The summed E-state index contributed by atoms with van der Waals surface area (Å²) < 4.78 is 11.9. The Bertz CT molecular complexity index is 846. The number of allylic oxidation sites excluding steroid dienone is 2. The Morgan fingerprint density at radius 2 is 2.00 bits per heavy atom. The number of nitrogens with one attached hydrogen (secondary N) is 1. The van der Waals surface area contributed by atoms with E-state index in [1.165, 1.54) is 22.4 Å². The zero-order chi connectivity index (χ0) is 17.6. The molecule has 0 amide bonds. The lowest BCUT2D eigenvalue weighted by Gasteiger charge is -2.38. The second-order valence-electron chi connectivity index (χ2n) is 6.75. The summed E-state index contributed by atoms with van der Waals surface area (Å²) in [6, 6.07) is 11.1. The third kappa shape index (κ3) is 2.63. The average molecular weight is 400 g/mol. The van der Waals surface area contributed by atoms with Crippen LogP contribution in [0.5, 0.6) is 11.5 Å². The molecule has 0 spiro atoms. The van der Waals surface area contributed by atoms with E-state index in [2.05, 4.69) is 70.7 Å². The summed E-state index contributed by atoms with van der Waals surface area (Å²) in [6.45, 7) is 2.17. The van der Waals surface area contributed by atoms with Crippen molar-refractivity contribution in [1.29, 1.82) is 0 Å². The smallest absolute Gasteiger partial charge is 0.174 e. The van der Waals surface area contributed by atoms with Crippen molar-refractivity contribution in [3.8, 4) is 11.5 Å². The lowest BCUT2D eigenvalue weighted by molar-refractivity contribution is 0.351. The van der Waals surface area contributed by atoms with Crippen molar-refractivity contribution in [2.24, 2.45) is 5.92 Å². The Hall–Kier alpha value is -1.94. The number of ether oxygens (including phenoxy) is 2. The number of fused-ring (bicyclic) bond motifs is 3. The summed E-state index contributed by atoms with van der Waals surface area (Å²) in [6.07, 6.45) is 5.77.